The van der Waals surface area contributed by atoms with E-state index in [1.807, 2.05) is 26.0 Å². The molecule has 0 aliphatic heterocycles. The first-order valence-corrected chi connectivity index (χ1v) is 9.44. The monoisotopic (exact) mass is 406 g/mol. The van der Waals surface area contributed by atoms with Gasteiger partial charge in [0.15, 0.2) is 5.58 Å². The summed E-state index contributed by atoms with van der Waals surface area (Å²) in [5.41, 5.74) is 2.11. The number of amides is 1. The van der Waals surface area contributed by atoms with Crippen LogP contribution in [-0.4, -0.2) is 21.4 Å². The Morgan fingerprint density at radius 2 is 1.89 bits per heavy atom. The maximum absolute atomic E-state index is 12.8. The van der Waals surface area contributed by atoms with Crippen LogP contribution in [0.5, 0.6) is 0 Å². The number of carbonyl (C=O) groups excluding carboxylic acids is 1. The van der Waals surface area contributed by atoms with E-state index in [4.69, 9.17) is 27.6 Å². The number of oxazole rings is 1. The Morgan fingerprint density at radius 3 is 2.59 bits per heavy atom. The fraction of sp³-hybridized carbons (Fsp3) is 0.300. The van der Waals surface area contributed by atoms with E-state index < -0.39 is 5.76 Å². The third kappa shape index (κ3) is 4.37. The van der Waals surface area contributed by atoms with Gasteiger partial charge in [-0.05, 0) is 43.7 Å². The number of hydrogen-bond donors (Lipinski definition) is 0. The smallest absolute Gasteiger partial charge is 0.408 e. The Labute approximate surface area is 167 Å². The van der Waals surface area contributed by atoms with E-state index in [0.717, 1.165) is 5.56 Å². The number of fused-ring (bicyclic) bond motifs is 1. The molecule has 0 N–H and O–H groups in total. The maximum Gasteiger partial charge on any atom is 0.419 e. The largest absolute Gasteiger partial charge is 0.419 e. The van der Waals surface area contributed by atoms with Gasteiger partial charge in [-0.2, -0.15) is 0 Å². The van der Waals surface area contributed by atoms with Crippen LogP contribution in [0.15, 0.2) is 51.7 Å². The van der Waals surface area contributed by atoms with Gasteiger partial charge in [0.25, 0.3) is 0 Å². The molecule has 5 nitrogen and oxygen atoms in total. The van der Waals surface area contributed by atoms with Gasteiger partial charge in [0.05, 0.1) is 15.6 Å². The first-order valence-electron chi connectivity index (χ1n) is 8.68. The second kappa shape index (κ2) is 8.19. The van der Waals surface area contributed by atoms with Crippen LogP contribution in [0, 0.1) is 0 Å². The van der Waals surface area contributed by atoms with Gasteiger partial charge in [-0.25, -0.2) is 4.79 Å². The predicted octanol–water partition coefficient (Wildman–Crippen LogP) is 4.73. The molecule has 7 heteroatoms. The van der Waals surface area contributed by atoms with Crippen LogP contribution in [0.3, 0.4) is 0 Å². The Bertz CT molecular complexity index is 1020. The normalized spacial score (nSPS) is 11.3. The molecular formula is C20H20Cl2N2O3. The van der Waals surface area contributed by atoms with Crippen LogP contribution in [0.1, 0.15) is 25.8 Å². The highest BCUT2D eigenvalue weighted by Gasteiger charge is 2.19. The summed E-state index contributed by atoms with van der Waals surface area (Å²) in [6.07, 6.45) is 0.197. The van der Waals surface area contributed by atoms with Crippen molar-refractivity contribution < 1.29 is 9.21 Å². The van der Waals surface area contributed by atoms with Crippen molar-refractivity contribution in [3.05, 3.63) is 68.6 Å². The van der Waals surface area contributed by atoms with Crippen molar-refractivity contribution in [2.24, 2.45) is 0 Å². The fourth-order valence-electron chi connectivity index (χ4n) is 2.97. The summed E-state index contributed by atoms with van der Waals surface area (Å²) in [7, 11) is 0. The van der Waals surface area contributed by atoms with Gasteiger partial charge in [-0.15, -0.1) is 0 Å². The highest BCUT2D eigenvalue weighted by Crippen LogP contribution is 2.24. The zero-order chi connectivity index (χ0) is 19.6. The summed E-state index contributed by atoms with van der Waals surface area (Å²) in [5.74, 6) is -0.502. The molecule has 3 aromatic rings. The maximum atomic E-state index is 12.8. The zero-order valence-corrected chi connectivity index (χ0v) is 16.6. The molecule has 0 aliphatic rings. The summed E-state index contributed by atoms with van der Waals surface area (Å²) in [6, 6.07) is 12.5. The number of nitrogens with zero attached hydrogens (tertiary/aromatic N) is 2. The molecule has 2 aromatic carbocycles. The molecule has 142 valence electrons. The van der Waals surface area contributed by atoms with Crippen LogP contribution in [-0.2, 0) is 17.9 Å². The molecule has 0 saturated heterocycles. The van der Waals surface area contributed by atoms with E-state index in [1.54, 1.807) is 35.2 Å². The average molecular weight is 407 g/mol. The topological polar surface area (TPSA) is 55.5 Å². The van der Waals surface area contributed by atoms with Crippen molar-refractivity contribution in [2.45, 2.75) is 39.4 Å². The number of aryl methyl sites for hydroxylation is 1. The minimum atomic E-state index is -0.454. The number of hydrogen-bond acceptors (Lipinski definition) is 3. The molecule has 1 aromatic heterocycles. The van der Waals surface area contributed by atoms with Crippen molar-refractivity contribution in [3.63, 3.8) is 0 Å². The van der Waals surface area contributed by atoms with Crippen molar-refractivity contribution in [3.8, 4) is 0 Å². The lowest BCUT2D eigenvalue weighted by molar-refractivity contribution is -0.133. The van der Waals surface area contributed by atoms with Crippen LogP contribution in [0.4, 0.5) is 0 Å². The molecule has 3 rings (SSSR count). The van der Waals surface area contributed by atoms with Crippen molar-refractivity contribution >= 4 is 40.2 Å². The Balaban J connectivity index is 1.74. The Morgan fingerprint density at radius 1 is 1.15 bits per heavy atom. The molecule has 0 bridgehead atoms. The first kappa shape index (κ1) is 19.5. The second-order valence-corrected chi connectivity index (χ2v) is 7.42. The number of halogens is 2. The molecule has 1 heterocycles. The molecule has 0 aliphatic carbocycles. The number of aromatic nitrogens is 1. The van der Waals surface area contributed by atoms with Crippen LogP contribution in [0.2, 0.25) is 10.0 Å². The molecule has 1 amide bonds. The summed E-state index contributed by atoms with van der Waals surface area (Å²) in [5, 5.41) is 0.941. The third-order valence-corrected chi connectivity index (χ3v) is 5.14. The average Bonchev–Trinajstić information content (AvgIpc) is 2.95. The lowest BCUT2D eigenvalue weighted by atomic mass is 10.1. The third-order valence-electron chi connectivity index (χ3n) is 4.40. The first-order chi connectivity index (χ1) is 12.9. The van der Waals surface area contributed by atoms with E-state index in [2.05, 4.69) is 0 Å². The van der Waals surface area contributed by atoms with E-state index in [9.17, 15) is 9.59 Å². The highest BCUT2D eigenvalue weighted by molar-refractivity contribution is 6.42. The highest BCUT2D eigenvalue weighted by atomic mass is 35.5. The SMILES string of the molecule is CC(C)N(Cc1ccc(Cl)c(Cl)c1)C(=O)CCn1c(=O)oc2ccccc21. The molecule has 0 atom stereocenters. The molecule has 27 heavy (non-hydrogen) atoms. The molecule has 0 spiro atoms. The number of para-hydroxylation sites is 2. The predicted molar refractivity (Wildman–Crippen MR) is 107 cm³/mol. The van der Waals surface area contributed by atoms with E-state index in [0.29, 0.717) is 27.7 Å². The van der Waals surface area contributed by atoms with Crippen molar-refractivity contribution in [2.75, 3.05) is 0 Å². The molecule has 0 radical (unpaired) electrons. The van der Waals surface area contributed by atoms with Crippen LogP contribution >= 0.6 is 23.2 Å². The van der Waals surface area contributed by atoms with E-state index in [1.165, 1.54) is 4.57 Å². The van der Waals surface area contributed by atoms with Gasteiger partial charge in [-0.1, -0.05) is 41.4 Å². The molecule has 0 unspecified atom stereocenters. The lowest BCUT2D eigenvalue weighted by Crippen LogP contribution is -2.37. The number of benzene rings is 2. The summed E-state index contributed by atoms with van der Waals surface area (Å²) >= 11 is 12.0. The Kier molecular flexibility index (Phi) is 5.92. The minimum absolute atomic E-state index is 0.00442. The van der Waals surface area contributed by atoms with Crippen molar-refractivity contribution in [1.29, 1.82) is 0 Å². The van der Waals surface area contributed by atoms with Crippen LogP contribution < -0.4 is 5.76 Å². The summed E-state index contributed by atoms with van der Waals surface area (Å²) < 4.78 is 6.71. The Hall–Kier alpha value is -2.24. The minimum Gasteiger partial charge on any atom is -0.408 e. The second-order valence-electron chi connectivity index (χ2n) is 6.60. The van der Waals surface area contributed by atoms with Gasteiger partial charge >= 0.3 is 5.76 Å². The number of rotatable bonds is 6. The molecule has 0 saturated carbocycles. The van der Waals surface area contributed by atoms with Crippen molar-refractivity contribution in [1.82, 2.24) is 9.47 Å². The standard InChI is InChI=1S/C20H20Cl2N2O3/c1-13(2)24(12-14-7-8-15(21)16(22)11-14)19(25)9-10-23-17-5-3-4-6-18(17)27-20(23)26/h3-8,11,13H,9-10,12H2,1-2H3. The van der Waals surface area contributed by atoms with E-state index >= 15 is 0 Å². The summed E-state index contributed by atoms with van der Waals surface area (Å²) in [6.45, 7) is 4.59. The van der Waals surface area contributed by atoms with Crippen LogP contribution in [0.25, 0.3) is 11.1 Å². The van der Waals surface area contributed by atoms with Gasteiger partial charge in [0, 0.05) is 25.6 Å². The number of carbonyl (C=O) groups is 1. The van der Waals surface area contributed by atoms with Gasteiger partial charge in [-0.3, -0.25) is 9.36 Å². The molecular weight excluding hydrogens is 387 g/mol. The van der Waals surface area contributed by atoms with E-state index in [-0.39, 0.29) is 24.9 Å². The quantitative estimate of drug-likeness (QED) is 0.594. The molecule has 0 fully saturated rings. The fourth-order valence-corrected chi connectivity index (χ4v) is 3.29. The van der Waals surface area contributed by atoms with Gasteiger partial charge < -0.3 is 9.32 Å². The lowest BCUT2D eigenvalue weighted by Gasteiger charge is -2.27. The zero-order valence-electron chi connectivity index (χ0n) is 15.1. The van der Waals surface area contributed by atoms with Gasteiger partial charge in [0.2, 0.25) is 5.91 Å². The summed E-state index contributed by atoms with van der Waals surface area (Å²) in [4.78, 5) is 26.6. The van der Waals surface area contributed by atoms with Gasteiger partial charge in [0.1, 0.15) is 0 Å².